The van der Waals surface area contributed by atoms with Crippen LogP contribution < -0.4 is 10.6 Å². The van der Waals surface area contributed by atoms with Gasteiger partial charge in [-0.05, 0) is 43.4 Å². The summed E-state index contributed by atoms with van der Waals surface area (Å²) in [5.74, 6) is -0.437. The number of carbonyl (C=O) groups excluding carboxylic acids is 2. The van der Waals surface area contributed by atoms with Crippen LogP contribution in [-0.4, -0.2) is 23.1 Å². The summed E-state index contributed by atoms with van der Waals surface area (Å²) in [5.41, 5.74) is 0.800. The van der Waals surface area contributed by atoms with Gasteiger partial charge in [0.25, 0.3) is 5.91 Å². The first-order valence-corrected chi connectivity index (χ1v) is 8.10. The van der Waals surface area contributed by atoms with E-state index in [9.17, 15) is 9.59 Å². The Kier molecular flexibility index (Phi) is 4.15. The molecule has 6 nitrogen and oxygen atoms in total. The normalized spacial score (nSPS) is 13.7. The molecule has 0 unspecified atom stereocenters. The molecule has 1 aromatic carbocycles. The molecule has 22 heavy (non-hydrogen) atoms. The average Bonchev–Trinajstić information content (AvgIpc) is 3.28. The van der Waals surface area contributed by atoms with E-state index in [2.05, 4.69) is 15.6 Å². The quantitative estimate of drug-likeness (QED) is 0.828. The summed E-state index contributed by atoms with van der Waals surface area (Å²) in [5, 5.41) is 5.29. The van der Waals surface area contributed by atoms with E-state index in [1.807, 2.05) is 30.5 Å². The van der Waals surface area contributed by atoms with Gasteiger partial charge in [0.05, 0.1) is 0 Å². The Morgan fingerprint density at radius 2 is 1.95 bits per heavy atom. The van der Waals surface area contributed by atoms with Crippen molar-refractivity contribution in [2.45, 2.75) is 17.7 Å². The lowest BCUT2D eigenvalue weighted by Crippen LogP contribution is -2.15. The second-order valence-electron chi connectivity index (χ2n) is 4.98. The maximum atomic E-state index is 12.1. The van der Waals surface area contributed by atoms with Crippen LogP contribution in [-0.2, 0) is 4.79 Å². The summed E-state index contributed by atoms with van der Waals surface area (Å²) in [4.78, 5) is 28.7. The molecule has 114 valence electrons. The fraction of sp³-hybridized carbons (Fsp3) is 0.267. The third kappa shape index (κ3) is 3.48. The van der Waals surface area contributed by atoms with Gasteiger partial charge in [-0.2, -0.15) is 4.98 Å². The molecule has 1 aliphatic rings. The van der Waals surface area contributed by atoms with Crippen LogP contribution >= 0.6 is 11.8 Å². The summed E-state index contributed by atoms with van der Waals surface area (Å²) in [7, 11) is 0. The fourth-order valence-electron chi connectivity index (χ4n) is 1.86. The first-order chi connectivity index (χ1) is 10.7. The van der Waals surface area contributed by atoms with Crippen molar-refractivity contribution in [3.63, 3.8) is 0 Å². The van der Waals surface area contributed by atoms with Gasteiger partial charge >= 0.3 is 6.01 Å². The van der Waals surface area contributed by atoms with E-state index < -0.39 is 0 Å². The highest BCUT2D eigenvalue weighted by molar-refractivity contribution is 7.98. The third-order valence-electron chi connectivity index (χ3n) is 3.26. The zero-order valence-electron chi connectivity index (χ0n) is 12.0. The molecule has 0 atom stereocenters. The molecule has 2 aromatic rings. The van der Waals surface area contributed by atoms with Crippen LogP contribution in [0.15, 0.2) is 39.8 Å². The van der Waals surface area contributed by atoms with E-state index in [0.717, 1.165) is 17.7 Å². The van der Waals surface area contributed by atoms with Crippen molar-refractivity contribution < 1.29 is 14.0 Å². The Hall–Kier alpha value is -2.28. The molecule has 0 aliphatic heterocycles. The van der Waals surface area contributed by atoms with E-state index in [4.69, 9.17) is 4.42 Å². The SMILES string of the molecule is CSc1ccc(NC(=O)c2coc(NC(=O)C3CC3)n2)cc1. The predicted molar refractivity (Wildman–Crippen MR) is 84.0 cm³/mol. The number of hydrogen-bond donors (Lipinski definition) is 2. The van der Waals surface area contributed by atoms with Crippen molar-refractivity contribution in [3.05, 3.63) is 36.2 Å². The van der Waals surface area contributed by atoms with E-state index in [1.165, 1.54) is 6.26 Å². The van der Waals surface area contributed by atoms with Crippen LogP contribution in [0.3, 0.4) is 0 Å². The van der Waals surface area contributed by atoms with Crippen molar-refractivity contribution in [1.29, 1.82) is 0 Å². The number of rotatable bonds is 5. The number of nitrogens with one attached hydrogen (secondary N) is 2. The summed E-state index contributed by atoms with van der Waals surface area (Å²) >= 11 is 1.63. The molecule has 7 heteroatoms. The van der Waals surface area contributed by atoms with Gasteiger partial charge < -0.3 is 9.73 Å². The van der Waals surface area contributed by atoms with E-state index in [1.54, 1.807) is 11.8 Å². The van der Waals surface area contributed by atoms with Crippen molar-refractivity contribution in [3.8, 4) is 0 Å². The van der Waals surface area contributed by atoms with Gasteiger partial charge in [0.2, 0.25) is 5.91 Å². The zero-order chi connectivity index (χ0) is 15.5. The smallest absolute Gasteiger partial charge is 0.302 e. The van der Waals surface area contributed by atoms with Crippen molar-refractivity contribution in [2.24, 2.45) is 5.92 Å². The second kappa shape index (κ2) is 6.23. The highest BCUT2D eigenvalue weighted by Gasteiger charge is 2.30. The van der Waals surface area contributed by atoms with Gasteiger partial charge in [-0.15, -0.1) is 11.8 Å². The lowest BCUT2D eigenvalue weighted by atomic mass is 10.3. The predicted octanol–water partition coefficient (Wildman–Crippen LogP) is 3.00. The molecule has 1 heterocycles. The van der Waals surface area contributed by atoms with Crippen molar-refractivity contribution in [1.82, 2.24) is 4.98 Å². The van der Waals surface area contributed by atoms with Gasteiger partial charge in [-0.1, -0.05) is 0 Å². The van der Waals surface area contributed by atoms with Gasteiger partial charge in [0.15, 0.2) is 5.69 Å². The first-order valence-electron chi connectivity index (χ1n) is 6.87. The lowest BCUT2D eigenvalue weighted by Gasteiger charge is -2.03. The fourth-order valence-corrected chi connectivity index (χ4v) is 2.27. The Morgan fingerprint density at radius 1 is 1.23 bits per heavy atom. The van der Waals surface area contributed by atoms with Gasteiger partial charge in [-0.3, -0.25) is 14.9 Å². The number of benzene rings is 1. The minimum absolute atomic E-state index is 0.0547. The van der Waals surface area contributed by atoms with Gasteiger partial charge in [0.1, 0.15) is 6.26 Å². The molecular weight excluding hydrogens is 302 g/mol. The first kappa shape index (κ1) is 14.6. The highest BCUT2D eigenvalue weighted by atomic mass is 32.2. The molecule has 0 radical (unpaired) electrons. The molecule has 0 bridgehead atoms. The number of oxazole rings is 1. The molecule has 0 spiro atoms. The number of thioether (sulfide) groups is 1. The maximum Gasteiger partial charge on any atom is 0.302 e. The number of hydrogen-bond acceptors (Lipinski definition) is 5. The Balaban J connectivity index is 1.61. The molecule has 3 rings (SSSR count). The van der Waals surface area contributed by atoms with Gasteiger partial charge in [0, 0.05) is 16.5 Å². The standard InChI is InChI=1S/C15H15N3O3S/c1-22-11-6-4-10(5-7-11)16-14(20)12-8-21-15(17-12)18-13(19)9-2-3-9/h4-9H,2-3H2,1H3,(H,16,20)(H,17,18,19). The largest absolute Gasteiger partial charge is 0.431 e. The lowest BCUT2D eigenvalue weighted by molar-refractivity contribution is -0.117. The summed E-state index contributed by atoms with van der Waals surface area (Å²) in [6.45, 7) is 0. The van der Waals surface area contributed by atoms with Gasteiger partial charge in [-0.25, -0.2) is 0 Å². The topological polar surface area (TPSA) is 84.2 Å². The van der Waals surface area contributed by atoms with E-state index >= 15 is 0 Å². The Bertz CT molecular complexity index is 692. The summed E-state index contributed by atoms with van der Waals surface area (Å²) in [6, 6.07) is 7.54. The molecule has 1 aromatic heterocycles. The maximum absolute atomic E-state index is 12.1. The van der Waals surface area contributed by atoms with Crippen molar-refractivity contribution in [2.75, 3.05) is 16.9 Å². The zero-order valence-corrected chi connectivity index (χ0v) is 12.8. The molecule has 2 N–H and O–H groups in total. The van der Waals surface area contributed by atoms with Crippen LogP contribution in [0, 0.1) is 5.92 Å². The molecule has 1 saturated carbocycles. The van der Waals surface area contributed by atoms with Crippen LogP contribution in [0.1, 0.15) is 23.3 Å². The van der Waals surface area contributed by atoms with Crippen LogP contribution in [0.25, 0.3) is 0 Å². The van der Waals surface area contributed by atoms with Crippen LogP contribution in [0.4, 0.5) is 11.7 Å². The monoisotopic (exact) mass is 317 g/mol. The number of aromatic nitrogens is 1. The molecule has 1 fully saturated rings. The molecule has 1 aliphatic carbocycles. The number of anilines is 2. The Morgan fingerprint density at radius 3 is 2.59 bits per heavy atom. The molecular formula is C15H15N3O3S. The number of carbonyl (C=O) groups is 2. The summed E-state index contributed by atoms with van der Waals surface area (Å²) in [6.07, 6.45) is 5.01. The van der Waals surface area contributed by atoms with Crippen LogP contribution in [0.5, 0.6) is 0 Å². The highest BCUT2D eigenvalue weighted by Crippen LogP contribution is 2.30. The average molecular weight is 317 g/mol. The second-order valence-corrected chi connectivity index (χ2v) is 5.86. The number of amides is 2. The van der Waals surface area contributed by atoms with Crippen molar-refractivity contribution >= 4 is 35.3 Å². The molecule has 0 saturated heterocycles. The Labute approximate surface area is 131 Å². The summed E-state index contributed by atoms with van der Waals surface area (Å²) < 4.78 is 5.10. The minimum atomic E-state index is -0.382. The van der Waals surface area contributed by atoms with E-state index in [-0.39, 0.29) is 29.4 Å². The molecule has 2 amide bonds. The van der Waals surface area contributed by atoms with E-state index in [0.29, 0.717) is 5.69 Å². The minimum Gasteiger partial charge on any atom is -0.431 e. The number of nitrogens with zero attached hydrogens (tertiary/aromatic N) is 1. The van der Waals surface area contributed by atoms with Crippen LogP contribution in [0.2, 0.25) is 0 Å². The third-order valence-corrected chi connectivity index (χ3v) is 4.01.